The van der Waals surface area contributed by atoms with Crippen LogP contribution in [-0.4, -0.2) is 16.7 Å². The van der Waals surface area contributed by atoms with Crippen LogP contribution >= 0.6 is 11.3 Å². The summed E-state index contributed by atoms with van der Waals surface area (Å²) in [6.45, 7) is 0. The Bertz CT molecular complexity index is 2840. The number of aromatic nitrogens is 1. The second-order valence-electron chi connectivity index (χ2n) is 12.9. The predicted octanol–water partition coefficient (Wildman–Crippen LogP) is 11.6. The van der Waals surface area contributed by atoms with Gasteiger partial charge in [0.2, 0.25) is 0 Å². The molecular formula is C46H30N4S. The van der Waals surface area contributed by atoms with Crippen molar-refractivity contribution >= 4 is 64.9 Å². The Morgan fingerprint density at radius 2 is 1.16 bits per heavy atom. The van der Waals surface area contributed by atoms with E-state index in [9.17, 15) is 0 Å². The van der Waals surface area contributed by atoms with Crippen LogP contribution in [0, 0.1) is 0 Å². The fourth-order valence-electron chi connectivity index (χ4n) is 7.27. The van der Waals surface area contributed by atoms with Crippen molar-refractivity contribution in [1.82, 2.24) is 10.3 Å². The Morgan fingerprint density at radius 1 is 0.490 bits per heavy atom. The van der Waals surface area contributed by atoms with Gasteiger partial charge in [-0.2, -0.15) is 0 Å². The van der Waals surface area contributed by atoms with E-state index >= 15 is 0 Å². The first-order valence-electron chi connectivity index (χ1n) is 17.1. The molecule has 0 radical (unpaired) electrons. The van der Waals surface area contributed by atoms with Crippen molar-refractivity contribution in [2.45, 2.75) is 6.17 Å². The molecule has 0 amide bonds. The van der Waals surface area contributed by atoms with Crippen LogP contribution in [0.2, 0.25) is 0 Å². The van der Waals surface area contributed by atoms with Gasteiger partial charge in [0.1, 0.15) is 16.8 Å². The molecule has 0 spiro atoms. The van der Waals surface area contributed by atoms with Crippen LogP contribution in [0.5, 0.6) is 0 Å². The molecule has 0 saturated carbocycles. The molecule has 3 heterocycles. The molecule has 51 heavy (non-hydrogen) atoms. The largest absolute Gasteiger partial charge is 0.344 e. The summed E-state index contributed by atoms with van der Waals surface area (Å²) in [7, 11) is 0. The minimum atomic E-state index is -0.294. The van der Waals surface area contributed by atoms with Crippen molar-refractivity contribution in [3.05, 3.63) is 187 Å². The standard InChI is InChI=1S/C46H30N4S/c1-3-13-29(14-4-1)43-48-44(30-15-5-2-6-16-30)50-45(49-43)34-24-32(35-27-41-39-21-11-12-22-42(39)51-46(41)47-28-35)23-33(25-34)40-26-31-17-7-8-18-36(31)37-19-9-10-20-38(37)40/h1-28,43H,(H,48,49,50). The first-order chi connectivity index (χ1) is 25.2. The molecule has 1 aliphatic heterocycles. The third-order valence-corrected chi connectivity index (χ3v) is 10.8. The van der Waals surface area contributed by atoms with Gasteiger partial charge in [-0.3, -0.25) is 0 Å². The number of benzene rings is 7. The van der Waals surface area contributed by atoms with E-state index in [-0.39, 0.29) is 6.17 Å². The van der Waals surface area contributed by atoms with Gasteiger partial charge < -0.3 is 5.32 Å². The maximum absolute atomic E-state index is 5.27. The summed E-state index contributed by atoms with van der Waals surface area (Å²) in [4.78, 5) is 16.5. The second kappa shape index (κ2) is 12.2. The van der Waals surface area contributed by atoms with Gasteiger partial charge in [0, 0.05) is 38.4 Å². The molecule has 1 aliphatic rings. The van der Waals surface area contributed by atoms with E-state index in [1.54, 1.807) is 11.3 Å². The predicted molar refractivity (Wildman–Crippen MR) is 215 cm³/mol. The van der Waals surface area contributed by atoms with Gasteiger partial charge in [-0.1, -0.05) is 127 Å². The zero-order chi connectivity index (χ0) is 33.7. The Kier molecular flexibility index (Phi) is 7.03. The highest BCUT2D eigenvalue weighted by Gasteiger charge is 2.22. The Morgan fingerprint density at radius 3 is 2.00 bits per heavy atom. The number of rotatable bonds is 5. The van der Waals surface area contributed by atoms with Crippen LogP contribution in [0.4, 0.5) is 0 Å². The normalized spacial score (nSPS) is 14.5. The zero-order valence-electron chi connectivity index (χ0n) is 27.5. The van der Waals surface area contributed by atoms with Crippen LogP contribution < -0.4 is 5.32 Å². The lowest BCUT2D eigenvalue weighted by Crippen LogP contribution is -2.33. The summed E-state index contributed by atoms with van der Waals surface area (Å²) in [6.07, 6.45) is 1.71. The number of hydrogen-bond donors (Lipinski definition) is 1. The summed E-state index contributed by atoms with van der Waals surface area (Å²) >= 11 is 1.74. The highest BCUT2D eigenvalue weighted by Crippen LogP contribution is 2.39. The molecule has 9 aromatic rings. The van der Waals surface area contributed by atoms with Crippen molar-refractivity contribution in [2.75, 3.05) is 0 Å². The number of nitrogens with one attached hydrogen (secondary N) is 1. The molecule has 5 heteroatoms. The molecule has 1 atom stereocenters. The molecule has 10 rings (SSSR count). The van der Waals surface area contributed by atoms with E-state index in [0.29, 0.717) is 5.84 Å². The molecule has 7 aromatic carbocycles. The van der Waals surface area contributed by atoms with Gasteiger partial charge in [0.05, 0.1) is 0 Å². The highest BCUT2D eigenvalue weighted by atomic mass is 32.1. The van der Waals surface area contributed by atoms with Crippen molar-refractivity contribution in [1.29, 1.82) is 0 Å². The quantitative estimate of drug-likeness (QED) is 0.185. The number of hydrogen-bond acceptors (Lipinski definition) is 5. The summed E-state index contributed by atoms with van der Waals surface area (Å²) in [6, 6.07) is 58.0. The van der Waals surface area contributed by atoms with Crippen LogP contribution in [0.3, 0.4) is 0 Å². The zero-order valence-corrected chi connectivity index (χ0v) is 28.3. The van der Waals surface area contributed by atoms with Crippen molar-refractivity contribution < 1.29 is 0 Å². The lowest BCUT2D eigenvalue weighted by molar-refractivity contribution is 0.674. The molecule has 0 aliphatic carbocycles. The summed E-state index contributed by atoms with van der Waals surface area (Å²) in [5, 5.41) is 10.9. The topological polar surface area (TPSA) is 49.6 Å². The van der Waals surface area contributed by atoms with E-state index in [2.05, 4.69) is 145 Å². The number of amidine groups is 2. The number of thiophene rings is 1. The number of aliphatic imine (C=N–C) groups is 2. The molecule has 240 valence electrons. The summed E-state index contributed by atoms with van der Waals surface area (Å²) < 4.78 is 1.24. The third-order valence-electron chi connectivity index (χ3n) is 9.74. The van der Waals surface area contributed by atoms with Crippen LogP contribution in [0.15, 0.2) is 180 Å². The fraction of sp³-hybridized carbons (Fsp3) is 0.0217. The van der Waals surface area contributed by atoms with E-state index in [0.717, 1.165) is 44.0 Å². The maximum Gasteiger partial charge on any atom is 0.159 e. The maximum atomic E-state index is 5.27. The fourth-order valence-corrected chi connectivity index (χ4v) is 8.29. The molecule has 0 saturated heterocycles. The van der Waals surface area contributed by atoms with E-state index in [4.69, 9.17) is 15.0 Å². The van der Waals surface area contributed by atoms with Gasteiger partial charge in [0.25, 0.3) is 0 Å². The van der Waals surface area contributed by atoms with Gasteiger partial charge in [-0.25, -0.2) is 15.0 Å². The van der Waals surface area contributed by atoms with Crippen molar-refractivity contribution in [3.63, 3.8) is 0 Å². The average Bonchev–Trinajstić information content (AvgIpc) is 3.59. The number of fused-ring (bicyclic) bond motifs is 6. The first-order valence-corrected chi connectivity index (χ1v) is 17.9. The highest BCUT2D eigenvalue weighted by molar-refractivity contribution is 7.25. The Hall–Kier alpha value is -6.43. The van der Waals surface area contributed by atoms with Gasteiger partial charge in [-0.05, 0) is 80.2 Å². The Balaban J connectivity index is 1.23. The SMILES string of the molecule is c1ccc(C2=NC(c3cc(-c4cnc5sc6ccccc6c5c4)cc(-c4cc5ccccc5c5ccccc45)c3)=NC(c3ccccc3)N2)cc1. The van der Waals surface area contributed by atoms with Crippen molar-refractivity contribution in [3.8, 4) is 22.3 Å². The molecule has 0 bridgehead atoms. The van der Waals surface area contributed by atoms with Crippen LogP contribution in [0.1, 0.15) is 22.9 Å². The lowest BCUT2D eigenvalue weighted by atomic mass is 9.90. The lowest BCUT2D eigenvalue weighted by Gasteiger charge is -2.24. The smallest absolute Gasteiger partial charge is 0.159 e. The molecular weight excluding hydrogens is 641 g/mol. The monoisotopic (exact) mass is 670 g/mol. The third kappa shape index (κ3) is 5.27. The van der Waals surface area contributed by atoms with Crippen LogP contribution in [0.25, 0.3) is 64.1 Å². The van der Waals surface area contributed by atoms with Gasteiger partial charge in [0.15, 0.2) is 5.84 Å². The average molecular weight is 671 g/mol. The number of nitrogens with zero attached hydrogens (tertiary/aromatic N) is 3. The molecule has 0 fully saturated rings. The molecule has 1 N–H and O–H groups in total. The second-order valence-corrected chi connectivity index (χ2v) is 13.9. The minimum absolute atomic E-state index is 0.294. The van der Waals surface area contributed by atoms with Gasteiger partial charge >= 0.3 is 0 Å². The van der Waals surface area contributed by atoms with E-state index in [1.807, 2.05) is 30.5 Å². The molecule has 4 nitrogen and oxygen atoms in total. The van der Waals surface area contributed by atoms with E-state index in [1.165, 1.54) is 42.6 Å². The Labute approximate surface area is 299 Å². The molecule has 1 unspecified atom stereocenters. The molecule has 2 aromatic heterocycles. The first kappa shape index (κ1) is 29.5. The number of pyridine rings is 1. The summed E-state index contributed by atoms with van der Waals surface area (Å²) in [5.41, 5.74) is 7.44. The van der Waals surface area contributed by atoms with Gasteiger partial charge in [-0.15, -0.1) is 11.3 Å². The summed E-state index contributed by atoms with van der Waals surface area (Å²) in [5.74, 6) is 1.48. The van der Waals surface area contributed by atoms with Crippen molar-refractivity contribution in [2.24, 2.45) is 9.98 Å². The minimum Gasteiger partial charge on any atom is -0.344 e. The van der Waals surface area contributed by atoms with E-state index < -0.39 is 0 Å². The van der Waals surface area contributed by atoms with Crippen LogP contribution in [-0.2, 0) is 0 Å².